The van der Waals surface area contributed by atoms with Crippen LogP contribution in [0.4, 0.5) is 0 Å². The summed E-state index contributed by atoms with van der Waals surface area (Å²) >= 11 is 0. The minimum absolute atomic E-state index is 0.310. The lowest BCUT2D eigenvalue weighted by molar-refractivity contribution is -0.0195. The van der Waals surface area contributed by atoms with Gasteiger partial charge in [0.05, 0.1) is 6.17 Å². The van der Waals surface area contributed by atoms with E-state index in [4.69, 9.17) is 0 Å². The number of hydrogen-bond donors (Lipinski definition) is 2. The molecule has 0 aromatic carbocycles. The summed E-state index contributed by atoms with van der Waals surface area (Å²) in [5, 5.41) is 4.28. The first-order valence-corrected chi connectivity index (χ1v) is 3.99. The molecule has 0 radical (unpaired) electrons. The van der Waals surface area contributed by atoms with E-state index < -0.39 is 0 Å². The molecule has 0 bridgehead atoms. The smallest absolute Gasteiger partial charge is 0.0831 e. The van der Waals surface area contributed by atoms with Gasteiger partial charge in [-0.3, -0.25) is 5.43 Å². The molecule has 0 saturated heterocycles. The van der Waals surface area contributed by atoms with Crippen LogP contribution in [0.3, 0.4) is 0 Å². The van der Waals surface area contributed by atoms with Crippen LogP contribution in [0.2, 0.25) is 0 Å². The van der Waals surface area contributed by atoms with Gasteiger partial charge in [-0.05, 0) is 14.0 Å². The van der Waals surface area contributed by atoms with E-state index in [2.05, 4.69) is 48.8 Å². The van der Waals surface area contributed by atoms with Crippen molar-refractivity contribution in [2.24, 2.45) is 0 Å². The van der Waals surface area contributed by atoms with Gasteiger partial charge in [0, 0.05) is 20.6 Å². The lowest BCUT2D eigenvalue weighted by Gasteiger charge is -2.32. The van der Waals surface area contributed by atoms with Gasteiger partial charge in [-0.2, -0.15) is 0 Å². The number of nitrogens with one attached hydrogen (secondary N) is 2. The fraction of sp³-hybridized carbons (Fsp3) is 1.00. The fourth-order valence-corrected chi connectivity index (χ4v) is 0.821. The summed E-state index contributed by atoms with van der Waals surface area (Å²) in [6, 6.07) is 0. The van der Waals surface area contributed by atoms with Gasteiger partial charge in [-0.1, -0.05) is 6.92 Å². The third-order valence-electron chi connectivity index (χ3n) is 1.91. The molecule has 0 amide bonds. The molecule has 0 aliphatic carbocycles. The van der Waals surface area contributed by atoms with Gasteiger partial charge >= 0.3 is 0 Å². The van der Waals surface area contributed by atoms with Gasteiger partial charge < -0.3 is 0 Å². The van der Waals surface area contributed by atoms with Gasteiger partial charge in [0.25, 0.3) is 0 Å². The van der Waals surface area contributed by atoms with Crippen LogP contribution in [0.1, 0.15) is 13.8 Å². The molecular formula is C7H20N4. The molecule has 0 rings (SSSR count). The monoisotopic (exact) mass is 160 g/mol. The van der Waals surface area contributed by atoms with Crippen molar-refractivity contribution in [2.45, 2.75) is 20.0 Å². The number of rotatable bonds is 5. The highest BCUT2D eigenvalue weighted by atomic mass is 15.7. The second-order valence-corrected chi connectivity index (χ2v) is 2.62. The zero-order valence-electron chi connectivity index (χ0n) is 8.18. The van der Waals surface area contributed by atoms with E-state index in [0.717, 1.165) is 6.54 Å². The Morgan fingerprint density at radius 1 is 1.36 bits per heavy atom. The minimum atomic E-state index is 0.310. The van der Waals surface area contributed by atoms with Crippen molar-refractivity contribution in [3.05, 3.63) is 0 Å². The van der Waals surface area contributed by atoms with Crippen molar-refractivity contribution >= 4 is 0 Å². The van der Waals surface area contributed by atoms with Gasteiger partial charge in [-0.15, -0.1) is 0 Å². The van der Waals surface area contributed by atoms with E-state index in [0.29, 0.717) is 6.17 Å². The summed E-state index contributed by atoms with van der Waals surface area (Å²) in [4.78, 5) is 0. The molecule has 0 aliphatic heterocycles. The van der Waals surface area contributed by atoms with Gasteiger partial charge in [0.1, 0.15) is 0 Å². The SMILES string of the molecule is CCN(C)N(C)C(C)NNC. The molecule has 0 spiro atoms. The molecule has 0 aromatic heterocycles. The molecular weight excluding hydrogens is 140 g/mol. The summed E-state index contributed by atoms with van der Waals surface area (Å²) < 4.78 is 0. The molecule has 68 valence electrons. The molecule has 0 heterocycles. The maximum absolute atomic E-state index is 3.09. The summed E-state index contributed by atoms with van der Waals surface area (Å²) in [5.41, 5.74) is 6.00. The maximum atomic E-state index is 3.09. The lowest BCUT2D eigenvalue weighted by Crippen LogP contribution is -2.52. The van der Waals surface area contributed by atoms with Crippen LogP contribution in [0, 0.1) is 0 Å². The van der Waals surface area contributed by atoms with Gasteiger partial charge in [-0.25, -0.2) is 15.4 Å². The quantitative estimate of drug-likeness (QED) is 0.433. The first kappa shape index (κ1) is 10.8. The van der Waals surface area contributed by atoms with Crippen molar-refractivity contribution in [1.29, 1.82) is 0 Å². The van der Waals surface area contributed by atoms with E-state index in [1.165, 1.54) is 0 Å². The topological polar surface area (TPSA) is 30.5 Å². The average Bonchev–Trinajstić information content (AvgIpc) is 2.02. The molecule has 0 aromatic rings. The average molecular weight is 160 g/mol. The van der Waals surface area contributed by atoms with Gasteiger partial charge in [0.2, 0.25) is 0 Å². The van der Waals surface area contributed by atoms with Crippen LogP contribution in [-0.4, -0.2) is 43.9 Å². The zero-order chi connectivity index (χ0) is 8.85. The maximum Gasteiger partial charge on any atom is 0.0831 e. The van der Waals surface area contributed by atoms with Crippen LogP contribution < -0.4 is 10.9 Å². The van der Waals surface area contributed by atoms with Crippen LogP contribution in [0.5, 0.6) is 0 Å². The lowest BCUT2D eigenvalue weighted by atomic mass is 10.5. The molecule has 0 aliphatic rings. The molecule has 1 unspecified atom stereocenters. The molecule has 11 heavy (non-hydrogen) atoms. The molecule has 4 heteroatoms. The van der Waals surface area contributed by atoms with Crippen LogP contribution >= 0.6 is 0 Å². The first-order chi connectivity index (χ1) is 5.13. The summed E-state index contributed by atoms with van der Waals surface area (Å²) in [7, 11) is 5.99. The Labute approximate surface area is 69.5 Å². The van der Waals surface area contributed by atoms with E-state index in [9.17, 15) is 0 Å². The standard InChI is InChI=1S/C7H20N4/c1-6-10(4)11(5)7(2)9-8-3/h7-9H,6H2,1-5H3. The van der Waals surface area contributed by atoms with Crippen LogP contribution in [-0.2, 0) is 0 Å². The summed E-state index contributed by atoms with van der Waals surface area (Å²) in [5.74, 6) is 0. The van der Waals surface area contributed by atoms with Crippen LogP contribution in [0.15, 0.2) is 0 Å². The van der Waals surface area contributed by atoms with Crippen molar-refractivity contribution < 1.29 is 0 Å². The third kappa shape index (κ3) is 3.67. The van der Waals surface area contributed by atoms with Crippen molar-refractivity contribution in [1.82, 2.24) is 20.9 Å². The Bertz CT molecular complexity index is 96.4. The fourth-order valence-electron chi connectivity index (χ4n) is 0.821. The highest BCUT2D eigenvalue weighted by molar-refractivity contribution is 4.53. The highest BCUT2D eigenvalue weighted by Gasteiger charge is 2.09. The van der Waals surface area contributed by atoms with E-state index in [1.54, 1.807) is 0 Å². The van der Waals surface area contributed by atoms with Crippen LogP contribution in [0.25, 0.3) is 0 Å². The molecule has 2 N–H and O–H groups in total. The Morgan fingerprint density at radius 2 is 1.91 bits per heavy atom. The zero-order valence-corrected chi connectivity index (χ0v) is 8.18. The normalized spacial score (nSPS) is 14.5. The van der Waals surface area contributed by atoms with E-state index >= 15 is 0 Å². The second-order valence-electron chi connectivity index (χ2n) is 2.62. The van der Waals surface area contributed by atoms with Crippen molar-refractivity contribution in [2.75, 3.05) is 27.7 Å². The second kappa shape index (κ2) is 5.49. The molecule has 0 saturated carbocycles. The highest BCUT2D eigenvalue weighted by Crippen LogP contribution is 1.93. The largest absolute Gasteiger partial charge is 0.259 e. The Kier molecular flexibility index (Phi) is 5.41. The van der Waals surface area contributed by atoms with E-state index in [-0.39, 0.29) is 0 Å². The molecule has 1 atom stereocenters. The number of hydrogen-bond acceptors (Lipinski definition) is 4. The predicted molar refractivity (Wildman–Crippen MR) is 47.7 cm³/mol. The predicted octanol–water partition coefficient (Wildman–Crippen LogP) is -0.145. The first-order valence-electron chi connectivity index (χ1n) is 3.99. The molecule has 0 fully saturated rings. The number of nitrogens with zero attached hydrogens (tertiary/aromatic N) is 2. The number of hydrazine groups is 2. The molecule has 4 nitrogen and oxygen atoms in total. The Morgan fingerprint density at radius 3 is 2.27 bits per heavy atom. The third-order valence-corrected chi connectivity index (χ3v) is 1.91. The van der Waals surface area contributed by atoms with Crippen molar-refractivity contribution in [3.8, 4) is 0 Å². The summed E-state index contributed by atoms with van der Waals surface area (Å²) in [6.45, 7) is 5.25. The Hall–Kier alpha value is -0.160. The van der Waals surface area contributed by atoms with Crippen molar-refractivity contribution in [3.63, 3.8) is 0 Å². The van der Waals surface area contributed by atoms with E-state index in [1.807, 2.05) is 7.05 Å². The summed E-state index contributed by atoms with van der Waals surface area (Å²) in [6.07, 6.45) is 0.310. The van der Waals surface area contributed by atoms with Gasteiger partial charge in [0.15, 0.2) is 0 Å². The minimum Gasteiger partial charge on any atom is -0.259 e. The Balaban J connectivity index is 3.70.